The van der Waals surface area contributed by atoms with Crippen LogP contribution in [0.25, 0.3) is 6.08 Å². The number of para-hydroxylation sites is 1. The Bertz CT molecular complexity index is 1320. The fourth-order valence-corrected chi connectivity index (χ4v) is 5.42. The number of rotatable bonds is 9. The van der Waals surface area contributed by atoms with Crippen molar-refractivity contribution in [2.45, 2.75) is 50.0 Å². The van der Waals surface area contributed by atoms with Gasteiger partial charge >= 0.3 is 5.97 Å². The van der Waals surface area contributed by atoms with Crippen LogP contribution >= 0.6 is 0 Å². The monoisotopic (exact) mass is 562 g/mol. The number of aliphatic hydroxyl groups excluding tert-OH is 1. The van der Waals surface area contributed by atoms with Crippen molar-refractivity contribution < 1.29 is 38.8 Å². The number of aliphatic hydroxyl groups is 1. The standard InChI is InChI=1S/C31H34N2O8/c34-16-14-32-29(36)24-8-4-15-33(24)30(37)23-17-26-28(40-19-39-26)27(18-23)41-31(38)22-12-10-20(11-13-22)5-3-7-21-6-1-2-9-25(21)35/h1-3,5-6,9-13,17,24,26-28,34-35H,4,7-8,14-16,18-19H2,(H,32,36)/t24-,26-,27-,28-/m1/s1. The molecule has 3 aliphatic rings. The quantitative estimate of drug-likeness (QED) is 0.397. The third-order valence-corrected chi connectivity index (χ3v) is 7.54. The zero-order chi connectivity index (χ0) is 28.8. The van der Waals surface area contributed by atoms with Gasteiger partial charge in [-0.05, 0) is 54.7 Å². The molecule has 2 heterocycles. The van der Waals surface area contributed by atoms with E-state index in [1.54, 1.807) is 47.4 Å². The Balaban J connectivity index is 1.22. The normalized spacial score (nSPS) is 23.7. The Morgan fingerprint density at radius 2 is 1.90 bits per heavy atom. The first-order valence-electron chi connectivity index (χ1n) is 13.8. The third-order valence-electron chi connectivity index (χ3n) is 7.54. The number of hydrogen-bond donors (Lipinski definition) is 3. The summed E-state index contributed by atoms with van der Waals surface area (Å²) in [5.41, 5.74) is 2.49. The number of carbonyl (C=O) groups excluding carboxylic acids is 3. The number of aromatic hydroxyl groups is 1. The number of nitrogens with one attached hydrogen (secondary N) is 1. The summed E-state index contributed by atoms with van der Waals surface area (Å²) in [4.78, 5) is 40.6. The summed E-state index contributed by atoms with van der Waals surface area (Å²) >= 11 is 0. The lowest BCUT2D eigenvalue weighted by atomic mass is 9.91. The topological polar surface area (TPSA) is 135 Å². The summed E-state index contributed by atoms with van der Waals surface area (Å²) in [5.74, 6) is -0.869. The summed E-state index contributed by atoms with van der Waals surface area (Å²) in [6.07, 6.45) is 5.70. The van der Waals surface area contributed by atoms with Gasteiger partial charge in [-0.25, -0.2) is 4.79 Å². The Morgan fingerprint density at radius 3 is 2.68 bits per heavy atom. The number of ether oxygens (including phenoxy) is 3. The number of benzene rings is 2. The lowest BCUT2D eigenvalue weighted by molar-refractivity contribution is -0.136. The van der Waals surface area contributed by atoms with Crippen molar-refractivity contribution in [2.75, 3.05) is 26.5 Å². The first kappa shape index (κ1) is 28.5. The van der Waals surface area contributed by atoms with Crippen LogP contribution in [0.4, 0.5) is 0 Å². The average Bonchev–Trinajstić information content (AvgIpc) is 3.67. The number of hydrogen-bond acceptors (Lipinski definition) is 8. The van der Waals surface area contributed by atoms with Gasteiger partial charge in [0.2, 0.25) is 11.8 Å². The second kappa shape index (κ2) is 13.1. The summed E-state index contributed by atoms with van der Waals surface area (Å²) in [6.45, 7) is 0.419. The lowest BCUT2D eigenvalue weighted by Gasteiger charge is -2.32. The Hall–Kier alpha value is -3.99. The van der Waals surface area contributed by atoms with E-state index in [4.69, 9.17) is 19.3 Å². The zero-order valence-corrected chi connectivity index (χ0v) is 22.6. The summed E-state index contributed by atoms with van der Waals surface area (Å²) in [6, 6.07) is 13.5. The van der Waals surface area contributed by atoms with E-state index < -0.39 is 30.3 Å². The maximum absolute atomic E-state index is 13.5. The average molecular weight is 563 g/mol. The van der Waals surface area contributed by atoms with Crippen molar-refractivity contribution in [2.24, 2.45) is 0 Å². The molecule has 4 atom stereocenters. The highest BCUT2D eigenvalue weighted by atomic mass is 16.7. The van der Waals surface area contributed by atoms with Gasteiger partial charge in [0.25, 0.3) is 0 Å². The number of likely N-dealkylation sites (tertiary alicyclic amines) is 1. The van der Waals surface area contributed by atoms with Gasteiger partial charge in [-0.3, -0.25) is 9.59 Å². The molecular formula is C31H34N2O8. The van der Waals surface area contributed by atoms with Crippen LogP contribution < -0.4 is 5.32 Å². The number of fused-ring (bicyclic) bond motifs is 1. The maximum atomic E-state index is 13.5. The number of carbonyl (C=O) groups is 3. The molecule has 0 saturated carbocycles. The van der Waals surface area contributed by atoms with Crippen molar-refractivity contribution in [3.05, 3.63) is 82.9 Å². The molecular weight excluding hydrogens is 528 g/mol. The second-order valence-electron chi connectivity index (χ2n) is 10.2. The van der Waals surface area contributed by atoms with Gasteiger partial charge < -0.3 is 34.6 Å². The molecule has 41 heavy (non-hydrogen) atoms. The zero-order valence-electron chi connectivity index (χ0n) is 22.6. The lowest BCUT2D eigenvalue weighted by Crippen LogP contribution is -2.49. The van der Waals surface area contributed by atoms with Gasteiger partial charge in [-0.1, -0.05) is 42.5 Å². The van der Waals surface area contributed by atoms with Crippen molar-refractivity contribution >= 4 is 23.9 Å². The van der Waals surface area contributed by atoms with E-state index in [0.717, 1.165) is 11.1 Å². The highest BCUT2D eigenvalue weighted by molar-refractivity contribution is 5.98. The Morgan fingerprint density at radius 1 is 1.10 bits per heavy atom. The molecule has 2 fully saturated rings. The summed E-state index contributed by atoms with van der Waals surface area (Å²) in [5, 5.41) is 21.6. The van der Waals surface area contributed by atoms with Crippen LogP contribution in [0, 0.1) is 0 Å². The predicted molar refractivity (Wildman–Crippen MR) is 149 cm³/mol. The van der Waals surface area contributed by atoms with Crippen LogP contribution in [0.5, 0.6) is 5.75 Å². The van der Waals surface area contributed by atoms with Crippen molar-refractivity contribution in [1.82, 2.24) is 10.2 Å². The number of nitrogens with zero attached hydrogens (tertiary/aromatic N) is 1. The second-order valence-corrected chi connectivity index (χ2v) is 10.2. The van der Waals surface area contributed by atoms with E-state index in [2.05, 4.69) is 5.32 Å². The van der Waals surface area contributed by atoms with Gasteiger partial charge in [0.1, 0.15) is 36.9 Å². The van der Waals surface area contributed by atoms with E-state index in [1.165, 1.54) is 0 Å². The summed E-state index contributed by atoms with van der Waals surface area (Å²) in [7, 11) is 0. The SMILES string of the molecule is O=C(O[C@@H]1CC(C(=O)N2CCC[C@@H]2C(=O)NCCO)=C[C@H]2OCO[C@H]21)c1ccc(C=CCc2ccccc2O)cc1. The van der Waals surface area contributed by atoms with E-state index >= 15 is 0 Å². The minimum atomic E-state index is -0.735. The fourth-order valence-electron chi connectivity index (χ4n) is 5.42. The van der Waals surface area contributed by atoms with Crippen LogP contribution in [0.1, 0.15) is 40.7 Å². The maximum Gasteiger partial charge on any atom is 0.338 e. The molecule has 2 aliphatic heterocycles. The molecule has 0 aromatic heterocycles. The molecule has 2 amide bonds. The molecule has 3 N–H and O–H groups in total. The van der Waals surface area contributed by atoms with Crippen molar-refractivity contribution in [1.29, 1.82) is 0 Å². The summed E-state index contributed by atoms with van der Waals surface area (Å²) < 4.78 is 17.2. The largest absolute Gasteiger partial charge is 0.508 e. The predicted octanol–water partition coefficient (Wildman–Crippen LogP) is 2.34. The van der Waals surface area contributed by atoms with Gasteiger partial charge in [-0.15, -0.1) is 0 Å². The minimum Gasteiger partial charge on any atom is -0.508 e. The number of esters is 1. The number of phenolic OH excluding ortho intramolecular Hbond substituents is 1. The van der Waals surface area contributed by atoms with E-state index in [0.29, 0.717) is 36.9 Å². The molecule has 2 saturated heterocycles. The molecule has 0 radical (unpaired) electrons. The molecule has 10 nitrogen and oxygen atoms in total. The molecule has 2 aromatic carbocycles. The van der Waals surface area contributed by atoms with Crippen molar-refractivity contribution in [3.8, 4) is 5.75 Å². The third kappa shape index (κ3) is 6.67. The van der Waals surface area contributed by atoms with E-state index in [9.17, 15) is 19.5 Å². The first-order chi connectivity index (χ1) is 19.9. The Labute approximate surface area is 238 Å². The van der Waals surface area contributed by atoms with Crippen molar-refractivity contribution in [3.63, 3.8) is 0 Å². The van der Waals surface area contributed by atoms with Crippen LogP contribution in [-0.4, -0.2) is 83.7 Å². The minimum absolute atomic E-state index is 0.0268. The van der Waals surface area contributed by atoms with E-state index in [1.807, 2.05) is 24.3 Å². The fraction of sp³-hybridized carbons (Fsp3) is 0.387. The van der Waals surface area contributed by atoms with Gasteiger partial charge in [0, 0.05) is 25.1 Å². The van der Waals surface area contributed by atoms with Crippen LogP contribution in [0.3, 0.4) is 0 Å². The van der Waals surface area contributed by atoms with Crippen LogP contribution in [-0.2, 0) is 30.2 Å². The number of amides is 2. The number of allylic oxidation sites excluding steroid dienone is 1. The molecule has 1 aliphatic carbocycles. The van der Waals surface area contributed by atoms with Gasteiger partial charge in [0.05, 0.1) is 12.2 Å². The highest BCUT2D eigenvalue weighted by Crippen LogP contribution is 2.33. The first-order valence-corrected chi connectivity index (χ1v) is 13.8. The molecule has 5 rings (SSSR count). The molecule has 0 bridgehead atoms. The molecule has 0 unspecified atom stereocenters. The molecule has 216 valence electrons. The molecule has 10 heteroatoms. The van der Waals surface area contributed by atoms with Crippen LogP contribution in [0.15, 0.2) is 66.3 Å². The molecule has 2 aromatic rings. The van der Waals surface area contributed by atoms with Gasteiger partial charge in [0.15, 0.2) is 0 Å². The Kier molecular flexibility index (Phi) is 9.13. The highest BCUT2D eigenvalue weighted by Gasteiger charge is 2.44. The van der Waals surface area contributed by atoms with E-state index in [-0.39, 0.29) is 43.9 Å². The smallest absolute Gasteiger partial charge is 0.338 e. The van der Waals surface area contributed by atoms with Crippen LogP contribution in [0.2, 0.25) is 0 Å². The molecule has 0 spiro atoms. The van der Waals surface area contributed by atoms with Gasteiger partial charge in [-0.2, -0.15) is 0 Å². The number of phenols is 1.